The van der Waals surface area contributed by atoms with Crippen LogP contribution in [-0.2, 0) is 0 Å². The number of phenols is 3. The van der Waals surface area contributed by atoms with Crippen LogP contribution in [0, 0.1) is 0 Å². The van der Waals surface area contributed by atoms with Crippen molar-refractivity contribution < 1.29 is 15.3 Å². The zero-order valence-electron chi connectivity index (χ0n) is 31.3. The highest BCUT2D eigenvalue weighted by molar-refractivity contribution is 6.63. The first-order valence-electron chi connectivity index (χ1n) is 18.5. The van der Waals surface area contributed by atoms with E-state index in [1.807, 2.05) is 175 Å². The zero-order valence-corrected chi connectivity index (χ0v) is 31.3. The second-order valence-electron chi connectivity index (χ2n) is 13.7. The molecule has 0 unspecified atom stereocenters. The summed E-state index contributed by atoms with van der Waals surface area (Å²) in [6.45, 7) is 0. The van der Waals surface area contributed by atoms with Crippen molar-refractivity contribution in [2.24, 2.45) is 0 Å². The molecule has 0 aliphatic heterocycles. The molecule has 0 bridgehead atoms. The van der Waals surface area contributed by atoms with E-state index in [1.54, 1.807) is 4.90 Å². The van der Waals surface area contributed by atoms with Gasteiger partial charge in [-0.3, -0.25) is 0 Å². The second-order valence-corrected chi connectivity index (χ2v) is 13.7. The number of rotatable bonds is 9. The van der Waals surface area contributed by atoms with E-state index in [4.69, 9.17) is 39.2 Å². The summed E-state index contributed by atoms with van der Waals surface area (Å²) in [5, 5.41) is 35.7. The smallest absolute Gasteiger partial charge is 0.182 e. The lowest BCUT2D eigenvalue weighted by Crippen LogP contribution is -2.46. The summed E-state index contributed by atoms with van der Waals surface area (Å²) >= 11 is 0. The van der Waals surface area contributed by atoms with Gasteiger partial charge in [-0.15, -0.1) is 0 Å². The Labute approximate surface area is 344 Å². The summed E-state index contributed by atoms with van der Waals surface area (Å²) < 4.78 is 0. The lowest BCUT2D eigenvalue weighted by atomic mass is 9.64. The minimum absolute atomic E-state index is 0.0167. The highest BCUT2D eigenvalue weighted by Gasteiger charge is 2.30. The fourth-order valence-corrected chi connectivity index (χ4v) is 7.34. The van der Waals surface area contributed by atoms with Crippen molar-refractivity contribution in [2.45, 2.75) is 0 Å². The molecule has 0 spiro atoms. The normalized spacial score (nSPS) is 11.0. The Morgan fingerprint density at radius 3 is 1.00 bits per heavy atom. The van der Waals surface area contributed by atoms with Crippen LogP contribution < -0.4 is 37.1 Å². The van der Waals surface area contributed by atoms with Crippen LogP contribution in [0.15, 0.2) is 170 Å². The van der Waals surface area contributed by atoms with Crippen molar-refractivity contribution in [2.75, 3.05) is 9.80 Å². The number of benzene rings is 8. The van der Waals surface area contributed by atoms with Crippen LogP contribution in [-0.4, -0.2) is 54.6 Å². The first-order chi connectivity index (χ1) is 28.2. The highest BCUT2D eigenvalue weighted by Crippen LogP contribution is 2.50. The second kappa shape index (κ2) is 15.9. The molecule has 0 aliphatic carbocycles. The summed E-state index contributed by atoms with van der Waals surface area (Å²) in [6.07, 6.45) is 0. The van der Waals surface area contributed by atoms with E-state index in [1.165, 1.54) is 0 Å². The Bertz CT molecular complexity index is 2490. The zero-order chi connectivity index (χ0) is 40.5. The van der Waals surface area contributed by atoms with Gasteiger partial charge in [0.05, 0.1) is 11.3 Å². The van der Waals surface area contributed by atoms with Gasteiger partial charge in [0.15, 0.2) is 11.5 Å². The van der Waals surface area contributed by atoms with Gasteiger partial charge >= 0.3 is 0 Å². The summed E-state index contributed by atoms with van der Waals surface area (Å²) in [7, 11) is 34.1. The van der Waals surface area contributed by atoms with E-state index < -0.39 is 17.2 Å². The monoisotopic (exact) mass is 738 g/mol. The lowest BCUT2D eigenvalue weighted by Gasteiger charge is -2.34. The Morgan fingerprint density at radius 1 is 0.276 bits per heavy atom. The summed E-state index contributed by atoms with van der Waals surface area (Å²) in [5.41, 5.74) is 6.05. The molecule has 0 aliphatic rings. The Kier molecular flexibility index (Phi) is 10.4. The number of aromatic hydroxyl groups is 3. The maximum atomic E-state index is 11.9. The number of phenolic OH excluding ortho intramolecular Hbond substituents is 3. The first kappa shape index (κ1) is 38.0. The Balaban J connectivity index is 1.27. The number of nitrogens with zero attached hydrogens (tertiary/aromatic N) is 2. The fraction of sp³-hybridized carbons (Fsp3) is 0. The topological polar surface area (TPSA) is 67.2 Å². The van der Waals surface area contributed by atoms with Gasteiger partial charge in [0.1, 0.15) is 45.0 Å². The molecule has 0 atom stereocenters. The fourth-order valence-electron chi connectivity index (χ4n) is 7.34. The molecule has 0 amide bonds. The van der Waals surface area contributed by atoms with Crippen molar-refractivity contribution in [3.05, 3.63) is 170 Å². The maximum absolute atomic E-state index is 11.9. The Hall–Kier alpha value is -6.92. The minimum atomic E-state index is -0.732. The molecule has 0 saturated carbocycles. The molecule has 8 rings (SSSR count). The average molecular weight is 738 g/mol. The van der Waals surface area contributed by atoms with Gasteiger partial charge in [0, 0.05) is 28.4 Å². The van der Waals surface area contributed by atoms with Crippen molar-refractivity contribution in [3.8, 4) is 50.6 Å². The summed E-state index contributed by atoms with van der Waals surface area (Å²) in [6, 6.07) is 53.9. The molecular formula is C48H31B5N2O3. The van der Waals surface area contributed by atoms with Gasteiger partial charge in [0.25, 0.3) is 0 Å². The summed E-state index contributed by atoms with van der Waals surface area (Å²) in [4.78, 5) is 3.48. The van der Waals surface area contributed by atoms with E-state index in [0.29, 0.717) is 22.7 Å². The molecule has 3 N–H and O–H groups in total. The number of anilines is 6. The number of para-hydroxylation sites is 2. The average Bonchev–Trinajstić information content (AvgIpc) is 3.28. The van der Waals surface area contributed by atoms with Crippen LogP contribution >= 0.6 is 0 Å². The van der Waals surface area contributed by atoms with E-state index in [9.17, 15) is 15.3 Å². The van der Waals surface area contributed by atoms with Crippen LogP contribution in [0.2, 0.25) is 0 Å². The third-order valence-electron chi connectivity index (χ3n) is 10.3. The van der Waals surface area contributed by atoms with E-state index in [0.717, 1.165) is 27.9 Å². The van der Waals surface area contributed by atoms with Crippen LogP contribution in [0.4, 0.5) is 34.1 Å². The molecule has 0 fully saturated rings. The van der Waals surface area contributed by atoms with Crippen molar-refractivity contribution in [1.82, 2.24) is 0 Å². The molecule has 0 saturated heterocycles. The predicted molar refractivity (Wildman–Crippen MR) is 244 cm³/mol. The molecule has 10 heteroatoms. The van der Waals surface area contributed by atoms with Gasteiger partial charge in [-0.2, -0.15) is 0 Å². The lowest BCUT2D eigenvalue weighted by molar-refractivity contribution is 0.401. The van der Waals surface area contributed by atoms with Crippen molar-refractivity contribution in [3.63, 3.8) is 0 Å². The van der Waals surface area contributed by atoms with Crippen LogP contribution in [0.5, 0.6) is 17.2 Å². The van der Waals surface area contributed by atoms with Crippen molar-refractivity contribution in [1.29, 1.82) is 0 Å². The first-order valence-corrected chi connectivity index (χ1v) is 18.5. The molecule has 10 radical (unpaired) electrons. The quantitative estimate of drug-likeness (QED) is 0.0874. The largest absolute Gasteiger partial charge is 0.508 e. The van der Waals surface area contributed by atoms with Gasteiger partial charge in [-0.05, 0) is 81.8 Å². The molecule has 0 aromatic heterocycles. The molecule has 0 heterocycles. The molecule has 8 aromatic carbocycles. The molecule has 58 heavy (non-hydrogen) atoms. The SMILES string of the molecule is [B]c1c([B])c(N(c2ccccc2)c2ccc(-c3ccccc3)cc2)c([B])c([B])c1-c1c(O)c([B])c(N(c2ccccc2)c2ccc(-c3ccccc3)cc2)c(O)c1O. The third kappa shape index (κ3) is 6.81. The van der Waals surface area contributed by atoms with E-state index >= 15 is 0 Å². The van der Waals surface area contributed by atoms with Crippen molar-refractivity contribution >= 4 is 101 Å². The molecule has 266 valence electrons. The number of hydrogen-bond donors (Lipinski definition) is 3. The van der Waals surface area contributed by atoms with Gasteiger partial charge < -0.3 is 25.1 Å². The highest BCUT2D eigenvalue weighted by atomic mass is 16.3. The molecule has 8 aromatic rings. The van der Waals surface area contributed by atoms with Crippen LogP contribution in [0.1, 0.15) is 0 Å². The predicted octanol–water partition coefficient (Wildman–Crippen LogP) is 6.71. The third-order valence-corrected chi connectivity index (χ3v) is 10.3. The Morgan fingerprint density at radius 2 is 0.603 bits per heavy atom. The van der Waals surface area contributed by atoms with Crippen LogP contribution in [0.3, 0.4) is 0 Å². The van der Waals surface area contributed by atoms with Crippen LogP contribution in [0.25, 0.3) is 33.4 Å². The standard InChI is InChI=1S/C48H31B5N2O3/c49-39-37(40(50)42(52)44(41(39)51)54(33-17-9-3-10-18-33)35-25-21-31(22-26-35)29-13-5-1-6-14-29)38-46(56)43(53)45(48(58)47(38)57)55(34-19-11-4-12-20-34)36-27-23-32(24-28-36)30-15-7-2-8-16-30/h1-28,56-58H. The van der Waals surface area contributed by atoms with E-state index in [-0.39, 0.29) is 44.1 Å². The van der Waals surface area contributed by atoms with Gasteiger partial charge in [-0.25, -0.2) is 0 Å². The number of hydrogen-bond acceptors (Lipinski definition) is 5. The summed E-state index contributed by atoms with van der Waals surface area (Å²) in [5.74, 6) is -1.95. The molecular weight excluding hydrogens is 707 g/mol. The van der Waals surface area contributed by atoms with Gasteiger partial charge in [0.2, 0.25) is 0 Å². The van der Waals surface area contributed by atoms with Gasteiger partial charge in [-0.1, -0.05) is 143 Å². The molecule has 5 nitrogen and oxygen atoms in total. The maximum Gasteiger partial charge on any atom is 0.182 e. The minimum Gasteiger partial charge on any atom is -0.508 e. The van der Waals surface area contributed by atoms with E-state index in [2.05, 4.69) is 0 Å².